The largest absolute Gasteiger partial charge is 0.415 e. The number of allylic oxidation sites excluding steroid dienone is 2. The molecule has 0 saturated heterocycles. The van der Waals surface area contributed by atoms with E-state index >= 15 is 0 Å². The monoisotopic (exact) mass is 491 g/mol. The summed E-state index contributed by atoms with van der Waals surface area (Å²) in [6, 6.07) is 11.8. The standard InChI is InChI=1S/C25H22ClF4N3O/c1-15(25(28,29)30)11-23(32-19-4-2-3-17(12-19)14-31)24(34)33-22-13-18(8-10-21(22)27)20(26)9-7-16-5-6-16/h2-4,8,10-13,16,20,32H,1,5-7,9H2,(H,33,34)/b23-11-. The normalized spacial score (nSPS) is 14.8. The predicted molar refractivity (Wildman–Crippen MR) is 124 cm³/mol. The second-order valence-corrected chi connectivity index (χ2v) is 8.61. The first-order valence-corrected chi connectivity index (χ1v) is 11.0. The zero-order valence-corrected chi connectivity index (χ0v) is 18.8. The summed E-state index contributed by atoms with van der Waals surface area (Å²) < 4.78 is 53.7. The number of nitrogens with one attached hydrogen (secondary N) is 2. The molecule has 0 aromatic heterocycles. The molecule has 1 aliphatic rings. The molecule has 1 atom stereocenters. The summed E-state index contributed by atoms with van der Waals surface area (Å²) in [4.78, 5) is 12.9. The van der Waals surface area contributed by atoms with Gasteiger partial charge < -0.3 is 10.6 Å². The SMILES string of the molecule is C=C(/C=C(\Nc1cccc(C#N)c1)C(=O)Nc1cc(C(Cl)CCC2CC2)ccc1F)C(F)(F)F. The molecule has 0 heterocycles. The summed E-state index contributed by atoms with van der Waals surface area (Å²) >= 11 is 6.43. The molecule has 9 heteroatoms. The molecule has 1 saturated carbocycles. The van der Waals surface area contributed by atoms with Gasteiger partial charge in [0.1, 0.15) is 11.5 Å². The molecular weight excluding hydrogens is 470 g/mol. The highest BCUT2D eigenvalue weighted by molar-refractivity contribution is 6.20. The Hall–Kier alpha value is -3.31. The number of hydrogen-bond donors (Lipinski definition) is 2. The molecule has 34 heavy (non-hydrogen) atoms. The third kappa shape index (κ3) is 7.09. The molecule has 1 aliphatic carbocycles. The fourth-order valence-corrected chi connectivity index (χ4v) is 3.48. The van der Waals surface area contributed by atoms with Crippen molar-refractivity contribution in [1.82, 2.24) is 0 Å². The van der Waals surface area contributed by atoms with E-state index in [0.29, 0.717) is 24.0 Å². The van der Waals surface area contributed by atoms with Crippen LogP contribution in [0.15, 0.2) is 66.4 Å². The highest BCUT2D eigenvalue weighted by atomic mass is 35.5. The molecule has 2 aromatic rings. The Morgan fingerprint density at radius 1 is 1.24 bits per heavy atom. The van der Waals surface area contributed by atoms with Gasteiger partial charge in [0.05, 0.1) is 28.3 Å². The van der Waals surface area contributed by atoms with E-state index in [9.17, 15) is 22.4 Å². The van der Waals surface area contributed by atoms with E-state index in [0.717, 1.165) is 12.5 Å². The number of carbonyl (C=O) groups is 1. The minimum absolute atomic E-state index is 0.200. The Labute approximate surface area is 199 Å². The lowest BCUT2D eigenvalue weighted by atomic mass is 10.0. The summed E-state index contributed by atoms with van der Waals surface area (Å²) in [7, 11) is 0. The Morgan fingerprint density at radius 2 is 1.97 bits per heavy atom. The van der Waals surface area contributed by atoms with E-state index < -0.39 is 29.2 Å². The van der Waals surface area contributed by atoms with Crippen molar-refractivity contribution in [1.29, 1.82) is 5.26 Å². The van der Waals surface area contributed by atoms with Crippen LogP contribution in [-0.4, -0.2) is 12.1 Å². The van der Waals surface area contributed by atoms with Crippen molar-refractivity contribution in [2.45, 2.75) is 37.2 Å². The molecule has 0 radical (unpaired) electrons. The van der Waals surface area contributed by atoms with Crippen LogP contribution >= 0.6 is 11.6 Å². The Kier molecular flexibility index (Phi) is 8.00. The molecule has 2 aromatic carbocycles. The summed E-state index contributed by atoms with van der Waals surface area (Å²) in [6.07, 6.45) is -0.256. The van der Waals surface area contributed by atoms with Crippen molar-refractivity contribution in [2.75, 3.05) is 10.6 Å². The van der Waals surface area contributed by atoms with E-state index in [4.69, 9.17) is 16.9 Å². The molecule has 0 spiro atoms. The van der Waals surface area contributed by atoms with Gasteiger partial charge in [-0.1, -0.05) is 31.6 Å². The maximum Gasteiger partial charge on any atom is 0.415 e. The highest BCUT2D eigenvalue weighted by Crippen LogP contribution is 2.38. The van der Waals surface area contributed by atoms with Gasteiger partial charge in [-0.05, 0) is 60.7 Å². The van der Waals surface area contributed by atoms with Crippen molar-refractivity contribution >= 4 is 28.9 Å². The van der Waals surface area contributed by atoms with E-state index in [1.807, 2.05) is 6.07 Å². The lowest BCUT2D eigenvalue weighted by Crippen LogP contribution is -2.22. The molecular formula is C25H22ClF4N3O. The van der Waals surface area contributed by atoms with E-state index in [2.05, 4.69) is 17.2 Å². The van der Waals surface area contributed by atoms with Crippen LogP contribution in [0.4, 0.5) is 28.9 Å². The number of halogens is 5. The average molecular weight is 492 g/mol. The maximum atomic E-state index is 14.4. The lowest BCUT2D eigenvalue weighted by Gasteiger charge is -2.16. The van der Waals surface area contributed by atoms with Crippen LogP contribution in [0, 0.1) is 23.1 Å². The molecule has 2 N–H and O–H groups in total. The first-order chi connectivity index (χ1) is 16.1. The quantitative estimate of drug-likeness (QED) is 0.168. The molecule has 1 fully saturated rings. The van der Waals surface area contributed by atoms with Crippen molar-refractivity contribution in [3.63, 3.8) is 0 Å². The van der Waals surface area contributed by atoms with Crippen molar-refractivity contribution in [2.24, 2.45) is 5.92 Å². The summed E-state index contributed by atoms with van der Waals surface area (Å²) in [6.45, 7) is 2.96. The first kappa shape index (κ1) is 25.3. The fraction of sp³-hybridized carbons (Fsp3) is 0.280. The Balaban J connectivity index is 1.84. The van der Waals surface area contributed by atoms with Crippen LogP contribution in [0.5, 0.6) is 0 Å². The summed E-state index contributed by atoms with van der Waals surface area (Å²) in [5.74, 6) is -1.11. The number of alkyl halides is 4. The zero-order chi connectivity index (χ0) is 24.9. The Morgan fingerprint density at radius 3 is 2.62 bits per heavy atom. The Bertz CT molecular complexity index is 1150. The topological polar surface area (TPSA) is 64.9 Å². The van der Waals surface area contributed by atoms with Crippen LogP contribution in [0.2, 0.25) is 0 Å². The average Bonchev–Trinajstić information content (AvgIpc) is 3.62. The maximum absolute atomic E-state index is 14.4. The second-order valence-electron chi connectivity index (χ2n) is 8.08. The number of benzene rings is 2. The van der Waals surface area contributed by atoms with Gasteiger partial charge in [-0.25, -0.2) is 4.39 Å². The lowest BCUT2D eigenvalue weighted by molar-refractivity contribution is -0.112. The molecule has 1 amide bonds. The van der Waals surface area contributed by atoms with Gasteiger partial charge >= 0.3 is 6.18 Å². The van der Waals surface area contributed by atoms with Gasteiger partial charge in [0.15, 0.2) is 0 Å². The van der Waals surface area contributed by atoms with Crippen LogP contribution in [0.25, 0.3) is 0 Å². The van der Waals surface area contributed by atoms with Gasteiger partial charge in [0.2, 0.25) is 0 Å². The van der Waals surface area contributed by atoms with Crippen molar-refractivity contribution < 1.29 is 22.4 Å². The van der Waals surface area contributed by atoms with Crippen molar-refractivity contribution in [3.05, 3.63) is 83.3 Å². The van der Waals surface area contributed by atoms with E-state index in [1.54, 1.807) is 0 Å². The number of hydrogen-bond acceptors (Lipinski definition) is 3. The number of anilines is 2. The summed E-state index contributed by atoms with van der Waals surface area (Å²) in [5.41, 5.74) is -0.993. The fourth-order valence-electron chi connectivity index (χ4n) is 3.21. The van der Waals surface area contributed by atoms with Gasteiger partial charge in [-0.3, -0.25) is 4.79 Å². The van der Waals surface area contributed by atoms with Crippen LogP contribution in [-0.2, 0) is 4.79 Å². The van der Waals surface area contributed by atoms with E-state index in [-0.39, 0.29) is 22.3 Å². The third-order valence-electron chi connectivity index (χ3n) is 5.32. The molecule has 1 unspecified atom stereocenters. The van der Waals surface area contributed by atoms with Crippen LogP contribution < -0.4 is 10.6 Å². The third-order valence-corrected chi connectivity index (χ3v) is 5.79. The van der Waals surface area contributed by atoms with Gasteiger partial charge in [0.25, 0.3) is 5.91 Å². The summed E-state index contributed by atoms with van der Waals surface area (Å²) in [5, 5.41) is 13.5. The number of rotatable bonds is 9. The minimum Gasteiger partial charge on any atom is -0.351 e. The number of carbonyl (C=O) groups excluding carboxylic acids is 1. The number of nitrogens with zero attached hydrogens (tertiary/aromatic N) is 1. The second kappa shape index (κ2) is 10.7. The van der Waals surface area contributed by atoms with Crippen LogP contribution in [0.3, 0.4) is 0 Å². The molecule has 178 valence electrons. The molecule has 0 aliphatic heterocycles. The van der Waals surface area contributed by atoms with Crippen molar-refractivity contribution in [3.8, 4) is 6.07 Å². The van der Waals surface area contributed by atoms with E-state index in [1.165, 1.54) is 49.2 Å². The molecule has 0 bridgehead atoms. The highest BCUT2D eigenvalue weighted by Gasteiger charge is 2.31. The zero-order valence-electron chi connectivity index (χ0n) is 18.1. The predicted octanol–water partition coefficient (Wildman–Crippen LogP) is 7.22. The minimum atomic E-state index is -4.78. The molecule has 4 nitrogen and oxygen atoms in total. The number of amides is 1. The molecule has 3 rings (SSSR count). The van der Waals surface area contributed by atoms with Crippen LogP contribution in [0.1, 0.15) is 42.2 Å². The first-order valence-electron chi connectivity index (χ1n) is 10.6. The van der Waals surface area contributed by atoms with Gasteiger partial charge in [-0.2, -0.15) is 18.4 Å². The van der Waals surface area contributed by atoms with Gasteiger partial charge in [0, 0.05) is 5.69 Å². The number of nitriles is 1. The smallest absolute Gasteiger partial charge is 0.351 e. The van der Waals surface area contributed by atoms with Gasteiger partial charge in [-0.15, -0.1) is 11.6 Å².